The number of aryl methyl sites for hydroxylation is 2. The second-order valence-corrected chi connectivity index (χ2v) is 10.0. The van der Waals surface area contributed by atoms with E-state index < -0.39 is 0 Å². The van der Waals surface area contributed by atoms with Crippen LogP contribution in [0, 0.1) is 5.92 Å². The first-order valence-electron chi connectivity index (χ1n) is 13.2. The van der Waals surface area contributed by atoms with Crippen molar-refractivity contribution in [1.82, 2.24) is 15.2 Å². The molecule has 0 bridgehead atoms. The van der Waals surface area contributed by atoms with Gasteiger partial charge in [0.1, 0.15) is 12.0 Å². The van der Waals surface area contributed by atoms with Crippen molar-refractivity contribution in [3.8, 4) is 0 Å². The van der Waals surface area contributed by atoms with E-state index in [9.17, 15) is 0 Å². The van der Waals surface area contributed by atoms with Crippen molar-refractivity contribution in [2.45, 2.75) is 50.7 Å². The number of hydrogen-bond donors (Lipinski definition) is 2. The highest BCUT2D eigenvalue weighted by atomic mass is 15.5. The summed E-state index contributed by atoms with van der Waals surface area (Å²) in [5.74, 6) is 8.40. The molecule has 2 aromatic carbocycles. The van der Waals surface area contributed by atoms with Crippen molar-refractivity contribution < 1.29 is 0 Å². The Morgan fingerprint density at radius 2 is 1.58 bits per heavy atom. The van der Waals surface area contributed by atoms with Gasteiger partial charge in [0.25, 0.3) is 0 Å². The van der Waals surface area contributed by atoms with Crippen LogP contribution in [0.4, 0.5) is 0 Å². The number of piperidine rings is 1. The van der Waals surface area contributed by atoms with Crippen LogP contribution in [0.3, 0.4) is 0 Å². The van der Waals surface area contributed by atoms with Gasteiger partial charge in [-0.2, -0.15) is 4.99 Å². The highest BCUT2D eigenvalue weighted by Gasteiger charge is 2.32. The van der Waals surface area contributed by atoms with Gasteiger partial charge in [0, 0.05) is 19.4 Å². The molecule has 1 atom stereocenters. The van der Waals surface area contributed by atoms with Gasteiger partial charge in [-0.05, 0) is 66.9 Å². The van der Waals surface area contributed by atoms with Gasteiger partial charge in [-0.1, -0.05) is 60.7 Å². The molecule has 0 aromatic heterocycles. The van der Waals surface area contributed by atoms with E-state index in [-0.39, 0.29) is 6.17 Å². The first-order valence-corrected chi connectivity index (χ1v) is 13.2. The molecule has 2 aromatic rings. The molecule has 3 aliphatic rings. The molecule has 2 heterocycles. The molecule has 3 N–H and O–H groups in total. The van der Waals surface area contributed by atoms with Gasteiger partial charge in [0.15, 0.2) is 0 Å². The molecular weight excluding hydrogens is 444 g/mol. The van der Waals surface area contributed by atoms with Crippen LogP contribution in [0.5, 0.6) is 0 Å². The van der Waals surface area contributed by atoms with Gasteiger partial charge >= 0.3 is 0 Å². The normalized spacial score (nSPS) is 21.0. The van der Waals surface area contributed by atoms with Crippen LogP contribution in [0.2, 0.25) is 0 Å². The summed E-state index contributed by atoms with van der Waals surface area (Å²) in [4.78, 5) is 12.0. The highest BCUT2D eigenvalue weighted by Crippen LogP contribution is 2.38. The fourth-order valence-electron chi connectivity index (χ4n) is 5.80. The molecule has 1 saturated heterocycles. The molecule has 1 aliphatic carbocycles. The number of amidine groups is 1. The summed E-state index contributed by atoms with van der Waals surface area (Å²) >= 11 is 0. The van der Waals surface area contributed by atoms with E-state index in [4.69, 9.17) is 5.84 Å². The van der Waals surface area contributed by atoms with Gasteiger partial charge in [0.2, 0.25) is 5.96 Å². The molecule has 1 unspecified atom stereocenters. The van der Waals surface area contributed by atoms with Gasteiger partial charge < -0.3 is 5.32 Å². The van der Waals surface area contributed by atoms with Crippen molar-refractivity contribution >= 4 is 11.8 Å². The van der Waals surface area contributed by atoms with Gasteiger partial charge in [-0.15, -0.1) is 13.2 Å². The molecule has 0 spiro atoms. The molecule has 5 rings (SSSR count). The maximum atomic E-state index is 6.36. The number of fused-ring (bicyclic) bond motifs is 2. The maximum absolute atomic E-state index is 6.36. The highest BCUT2D eigenvalue weighted by molar-refractivity contribution is 5.98. The maximum Gasteiger partial charge on any atom is 0.216 e. The zero-order chi connectivity index (χ0) is 24.9. The van der Waals surface area contributed by atoms with Gasteiger partial charge in [0.05, 0.1) is 6.04 Å². The Kier molecular flexibility index (Phi) is 7.63. The summed E-state index contributed by atoms with van der Waals surface area (Å²) in [5.41, 5.74) is 5.95. The Morgan fingerprint density at radius 1 is 0.944 bits per heavy atom. The van der Waals surface area contributed by atoms with E-state index in [1.807, 2.05) is 12.2 Å². The third-order valence-electron chi connectivity index (χ3n) is 7.73. The van der Waals surface area contributed by atoms with Crippen molar-refractivity contribution in [3.05, 3.63) is 96.1 Å². The monoisotopic (exact) mass is 482 g/mol. The van der Waals surface area contributed by atoms with Crippen LogP contribution in [-0.2, 0) is 12.8 Å². The van der Waals surface area contributed by atoms with E-state index in [0.29, 0.717) is 30.8 Å². The summed E-state index contributed by atoms with van der Waals surface area (Å²) in [6.45, 7) is 10.7. The molecule has 2 aliphatic heterocycles. The van der Waals surface area contributed by atoms with Crippen molar-refractivity contribution in [2.75, 3.05) is 19.6 Å². The number of guanidine groups is 1. The van der Waals surface area contributed by atoms with E-state index in [1.54, 1.807) is 5.01 Å². The zero-order valence-electron chi connectivity index (χ0n) is 21.1. The Balaban J connectivity index is 1.26. The Labute approximate surface area is 215 Å². The predicted octanol–water partition coefficient (Wildman–Crippen LogP) is 4.60. The predicted molar refractivity (Wildman–Crippen MR) is 149 cm³/mol. The van der Waals surface area contributed by atoms with Crippen LogP contribution in [0.25, 0.3) is 0 Å². The van der Waals surface area contributed by atoms with Crippen LogP contribution < -0.4 is 11.2 Å². The van der Waals surface area contributed by atoms with E-state index in [1.165, 1.54) is 22.3 Å². The number of rotatable bonds is 7. The standard InChI is InChI=1S/C30H38N6/c1-3-9-27-33-28(10-4-2)36(31)30(34-27)32-21-22-17-19-35(20-18-22)29-25-13-7-5-11-23(25)15-16-24-12-6-8-14-26(24)29/h3-8,11-14,22,28-29H,1-2,9-10,15-21,31H2,(H,32,33,34). The molecule has 0 amide bonds. The lowest BCUT2D eigenvalue weighted by Gasteiger charge is -2.39. The van der Waals surface area contributed by atoms with Crippen molar-refractivity contribution in [3.63, 3.8) is 0 Å². The smallest absolute Gasteiger partial charge is 0.216 e. The quantitative estimate of drug-likeness (QED) is 0.447. The van der Waals surface area contributed by atoms with Gasteiger partial charge in [-0.3, -0.25) is 9.91 Å². The average molecular weight is 483 g/mol. The van der Waals surface area contributed by atoms with Crippen LogP contribution in [-0.4, -0.2) is 47.5 Å². The number of hydrogen-bond acceptors (Lipinski definition) is 6. The van der Waals surface area contributed by atoms with Crippen LogP contribution in [0.1, 0.15) is 54.0 Å². The molecule has 36 heavy (non-hydrogen) atoms. The largest absolute Gasteiger partial charge is 0.354 e. The minimum absolute atomic E-state index is 0.172. The molecular formula is C30H38N6. The average Bonchev–Trinajstić information content (AvgIpc) is 3.07. The Hall–Kier alpha value is -3.22. The summed E-state index contributed by atoms with van der Waals surface area (Å²) in [6, 6.07) is 18.4. The van der Waals surface area contributed by atoms with Crippen LogP contribution in [0.15, 0.2) is 83.8 Å². The van der Waals surface area contributed by atoms with Crippen molar-refractivity contribution in [1.29, 1.82) is 0 Å². The lowest BCUT2D eigenvalue weighted by atomic mass is 9.89. The number of likely N-dealkylation sites (tertiary alicyclic amines) is 1. The molecule has 1 fully saturated rings. The summed E-state index contributed by atoms with van der Waals surface area (Å²) in [7, 11) is 0. The number of nitrogens with two attached hydrogens (primary N) is 1. The molecule has 0 radical (unpaired) electrons. The van der Waals surface area contributed by atoms with Crippen LogP contribution >= 0.6 is 0 Å². The third kappa shape index (κ3) is 5.15. The minimum atomic E-state index is -0.172. The number of benzene rings is 2. The molecule has 0 saturated carbocycles. The lowest BCUT2D eigenvalue weighted by molar-refractivity contribution is 0.151. The third-order valence-corrected chi connectivity index (χ3v) is 7.73. The van der Waals surface area contributed by atoms with E-state index >= 15 is 0 Å². The van der Waals surface area contributed by atoms with Crippen molar-refractivity contribution in [2.24, 2.45) is 21.7 Å². The number of nitrogens with one attached hydrogen (secondary N) is 1. The topological polar surface area (TPSA) is 69.2 Å². The molecule has 6 nitrogen and oxygen atoms in total. The second-order valence-electron chi connectivity index (χ2n) is 10.0. The molecule has 6 heteroatoms. The Morgan fingerprint density at radius 3 is 2.19 bits per heavy atom. The summed E-state index contributed by atoms with van der Waals surface area (Å²) in [5, 5.41) is 5.18. The molecule has 188 valence electrons. The fourth-order valence-corrected chi connectivity index (χ4v) is 5.80. The number of hydrazine groups is 1. The number of nitrogens with zero attached hydrogens (tertiary/aromatic N) is 4. The van der Waals surface area contributed by atoms with Gasteiger partial charge in [-0.25, -0.2) is 10.8 Å². The minimum Gasteiger partial charge on any atom is -0.354 e. The first-order chi connectivity index (χ1) is 17.7. The summed E-state index contributed by atoms with van der Waals surface area (Å²) in [6.07, 6.45) is 9.35. The Bertz CT molecular complexity index is 1100. The summed E-state index contributed by atoms with van der Waals surface area (Å²) < 4.78 is 0. The number of aliphatic imine (C=N–C) groups is 2. The van der Waals surface area contributed by atoms with E-state index in [2.05, 4.69) is 81.9 Å². The lowest BCUT2D eigenvalue weighted by Crippen LogP contribution is -2.54. The second kappa shape index (κ2) is 11.2. The SMILES string of the molecule is C=CCC1=NC(CC=C)N(N)C(NCC2CCN(C3c4ccccc4CCc4ccccc43)CC2)=N1. The zero-order valence-corrected chi connectivity index (χ0v) is 21.1. The first kappa shape index (κ1) is 24.5. The van der Waals surface area contributed by atoms with E-state index in [0.717, 1.165) is 51.2 Å². The fraction of sp³-hybridized carbons (Fsp3) is 0.400.